The van der Waals surface area contributed by atoms with Crippen LogP contribution in [0.4, 0.5) is 0 Å². The van der Waals surface area contributed by atoms with Crippen LogP contribution in [0.2, 0.25) is 5.02 Å². The minimum atomic E-state index is 0.791. The van der Waals surface area contributed by atoms with Crippen LogP contribution in [-0.2, 0) is 0 Å². The number of thiophene rings is 1. The monoisotopic (exact) mass is 266 g/mol. The maximum Gasteiger partial charge on any atom is 0.0601 e. The summed E-state index contributed by atoms with van der Waals surface area (Å²) >= 11 is 9.61. The highest BCUT2D eigenvalue weighted by Gasteiger charge is 1.96. The molecule has 3 heteroatoms. The quantitative estimate of drug-likeness (QED) is 0.680. The Bertz CT molecular complexity index is 500. The van der Waals surface area contributed by atoms with E-state index in [1.807, 2.05) is 24.3 Å². The molecule has 0 saturated carbocycles. The molecule has 2 rings (SSSR count). The molecule has 0 saturated heterocycles. The van der Waals surface area contributed by atoms with Gasteiger partial charge in [-0.3, -0.25) is 0 Å². The average Bonchev–Trinajstić information content (AvgIpc) is 2.76. The fraction of sp³-hybridized carbons (Fsp3) is 0.0769. The van der Waals surface area contributed by atoms with Crippen LogP contribution >= 0.6 is 34.7 Å². The Morgan fingerprint density at radius 2 is 2.06 bits per heavy atom. The summed E-state index contributed by atoms with van der Waals surface area (Å²) < 4.78 is 1.33. The number of hydrogen-bond acceptors (Lipinski definition) is 2. The van der Waals surface area contributed by atoms with Gasteiger partial charge in [-0.15, -0.1) is 23.1 Å². The van der Waals surface area contributed by atoms with Gasteiger partial charge in [0.2, 0.25) is 0 Å². The van der Waals surface area contributed by atoms with Crippen molar-refractivity contribution < 1.29 is 0 Å². The highest BCUT2D eigenvalue weighted by Crippen LogP contribution is 2.25. The second-order valence-electron chi connectivity index (χ2n) is 3.26. The molecule has 1 heterocycles. The van der Waals surface area contributed by atoms with Gasteiger partial charge in [-0.05, 0) is 34.9 Å². The summed E-state index contributed by atoms with van der Waals surface area (Å²) in [6, 6.07) is 10.0. The largest absolute Gasteiger partial charge is 0.137 e. The Hall–Kier alpha value is -0.700. The molecular formula is C13H11ClS2. The first kappa shape index (κ1) is 11.8. The Morgan fingerprint density at radius 1 is 1.25 bits per heavy atom. The van der Waals surface area contributed by atoms with E-state index in [2.05, 4.69) is 29.9 Å². The lowest BCUT2D eigenvalue weighted by atomic mass is 10.2. The smallest absolute Gasteiger partial charge is 0.0601 e. The summed E-state index contributed by atoms with van der Waals surface area (Å²) in [6.07, 6.45) is 6.24. The Morgan fingerprint density at radius 3 is 2.75 bits per heavy atom. The van der Waals surface area contributed by atoms with Crippen LogP contribution in [0.3, 0.4) is 0 Å². The summed E-state index contributed by atoms with van der Waals surface area (Å²) in [5.41, 5.74) is 2.29. The second-order valence-corrected chi connectivity index (χ2v) is 5.68. The molecule has 0 aliphatic heterocycles. The van der Waals surface area contributed by atoms with E-state index in [1.54, 1.807) is 23.1 Å². The van der Waals surface area contributed by atoms with E-state index in [-0.39, 0.29) is 0 Å². The molecule has 1 aromatic heterocycles. The second kappa shape index (κ2) is 5.58. The van der Waals surface area contributed by atoms with Crippen molar-refractivity contribution in [1.82, 2.24) is 0 Å². The number of halogens is 1. The van der Waals surface area contributed by atoms with Gasteiger partial charge in [0.15, 0.2) is 0 Å². The number of thioether (sulfide) groups is 1. The molecule has 16 heavy (non-hydrogen) atoms. The Labute approximate surface area is 109 Å². The first-order chi connectivity index (χ1) is 7.79. The maximum atomic E-state index is 6.07. The van der Waals surface area contributed by atoms with E-state index >= 15 is 0 Å². The van der Waals surface area contributed by atoms with Crippen molar-refractivity contribution >= 4 is 46.9 Å². The molecule has 0 aliphatic carbocycles. The van der Waals surface area contributed by atoms with Gasteiger partial charge in [0.05, 0.1) is 4.21 Å². The van der Waals surface area contributed by atoms with E-state index < -0.39 is 0 Å². The molecule has 2 aromatic rings. The molecule has 0 unspecified atom stereocenters. The molecule has 0 amide bonds. The van der Waals surface area contributed by atoms with Crippen molar-refractivity contribution in [3.05, 3.63) is 51.9 Å². The average molecular weight is 267 g/mol. The van der Waals surface area contributed by atoms with Crippen molar-refractivity contribution in [3.8, 4) is 0 Å². The van der Waals surface area contributed by atoms with Crippen LogP contribution in [-0.4, -0.2) is 6.26 Å². The van der Waals surface area contributed by atoms with Gasteiger partial charge >= 0.3 is 0 Å². The first-order valence-corrected chi connectivity index (χ1v) is 7.33. The van der Waals surface area contributed by atoms with Crippen molar-refractivity contribution in [2.75, 3.05) is 6.26 Å². The van der Waals surface area contributed by atoms with Crippen LogP contribution in [0.25, 0.3) is 12.2 Å². The molecule has 0 N–H and O–H groups in total. The van der Waals surface area contributed by atoms with Gasteiger partial charge < -0.3 is 0 Å². The number of benzene rings is 1. The standard InChI is InChI=1S/C13H11ClS2/c1-15-13-8-10(9-16-13)6-7-11-4-2-3-5-12(11)14/h2-9H,1H3/b7-6+. The predicted octanol–water partition coefficient (Wildman–Crippen LogP) is 5.29. The third-order valence-corrected chi connectivity index (χ3v) is 4.55. The topological polar surface area (TPSA) is 0 Å². The molecule has 1 aromatic carbocycles. The highest BCUT2D eigenvalue weighted by atomic mass is 35.5. The van der Waals surface area contributed by atoms with Gasteiger partial charge in [-0.2, -0.15) is 0 Å². The zero-order chi connectivity index (χ0) is 11.4. The zero-order valence-corrected chi connectivity index (χ0v) is 11.2. The first-order valence-electron chi connectivity index (χ1n) is 4.85. The van der Waals surface area contributed by atoms with E-state index in [4.69, 9.17) is 11.6 Å². The Kier molecular flexibility index (Phi) is 4.10. The SMILES string of the molecule is CSc1cc(/C=C/c2ccccc2Cl)cs1. The van der Waals surface area contributed by atoms with Crippen LogP contribution in [0, 0.1) is 0 Å². The molecule has 0 spiro atoms. The molecular weight excluding hydrogens is 256 g/mol. The molecule has 82 valence electrons. The minimum Gasteiger partial charge on any atom is -0.137 e. The Balaban J connectivity index is 2.18. The lowest BCUT2D eigenvalue weighted by Gasteiger charge is -1.95. The van der Waals surface area contributed by atoms with Crippen LogP contribution in [0.1, 0.15) is 11.1 Å². The van der Waals surface area contributed by atoms with Gasteiger partial charge in [0, 0.05) is 5.02 Å². The lowest BCUT2D eigenvalue weighted by molar-refractivity contribution is 1.66. The van der Waals surface area contributed by atoms with E-state index in [0.29, 0.717) is 0 Å². The van der Waals surface area contributed by atoms with Gasteiger partial charge in [-0.1, -0.05) is 42.0 Å². The van der Waals surface area contributed by atoms with Crippen molar-refractivity contribution in [3.63, 3.8) is 0 Å². The fourth-order valence-electron chi connectivity index (χ4n) is 1.32. The van der Waals surface area contributed by atoms with Crippen molar-refractivity contribution in [2.45, 2.75) is 4.21 Å². The van der Waals surface area contributed by atoms with E-state index in [9.17, 15) is 0 Å². The fourth-order valence-corrected chi connectivity index (χ4v) is 2.91. The van der Waals surface area contributed by atoms with E-state index in [1.165, 1.54) is 9.77 Å². The van der Waals surface area contributed by atoms with Crippen LogP contribution in [0.15, 0.2) is 39.9 Å². The van der Waals surface area contributed by atoms with Gasteiger partial charge in [-0.25, -0.2) is 0 Å². The van der Waals surface area contributed by atoms with E-state index in [0.717, 1.165) is 10.6 Å². The predicted molar refractivity (Wildman–Crippen MR) is 76.5 cm³/mol. The molecule has 0 bridgehead atoms. The zero-order valence-electron chi connectivity index (χ0n) is 8.81. The molecule has 0 fully saturated rings. The number of rotatable bonds is 3. The van der Waals surface area contributed by atoms with Crippen molar-refractivity contribution in [2.24, 2.45) is 0 Å². The minimum absolute atomic E-state index is 0.791. The molecule has 0 radical (unpaired) electrons. The molecule has 0 atom stereocenters. The van der Waals surface area contributed by atoms with Gasteiger partial charge in [0.25, 0.3) is 0 Å². The third kappa shape index (κ3) is 2.91. The highest BCUT2D eigenvalue weighted by molar-refractivity contribution is 8.00. The third-order valence-electron chi connectivity index (χ3n) is 2.16. The lowest BCUT2D eigenvalue weighted by Crippen LogP contribution is -1.72. The van der Waals surface area contributed by atoms with Crippen LogP contribution in [0.5, 0.6) is 0 Å². The number of hydrogen-bond donors (Lipinski definition) is 0. The van der Waals surface area contributed by atoms with Gasteiger partial charge in [0.1, 0.15) is 0 Å². The summed E-state index contributed by atoms with van der Waals surface area (Å²) in [6.45, 7) is 0. The normalized spacial score (nSPS) is 11.1. The van der Waals surface area contributed by atoms with Crippen LogP contribution < -0.4 is 0 Å². The summed E-state index contributed by atoms with van der Waals surface area (Å²) in [4.78, 5) is 0. The summed E-state index contributed by atoms with van der Waals surface area (Å²) in [5.74, 6) is 0. The maximum absolute atomic E-state index is 6.07. The summed E-state index contributed by atoms with van der Waals surface area (Å²) in [7, 11) is 0. The molecule has 0 aliphatic rings. The van der Waals surface area contributed by atoms with Crippen molar-refractivity contribution in [1.29, 1.82) is 0 Å². The molecule has 0 nitrogen and oxygen atoms in total. The summed E-state index contributed by atoms with van der Waals surface area (Å²) in [5, 5.41) is 2.94.